The number of fused-ring (bicyclic) bond motifs is 1. The van der Waals surface area contributed by atoms with Crippen LogP contribution in [0.5, 0.6) is 0 Å². The molecule has 0 bridgehead atoms. The molecule has 11 heteroatoms. The van der Waals surface area contributed by atoms with E-state index >= 15 is 0 Å². The van der Waals surface area contributed by atoms with E-state index in [0.717, 1.165) is 6.92 Å². The molecule has 1 unspecified atom stereocenters. The minimum Gasteiger partial charge on any atom is -0.477 e. The number of aliphatic carboxylic acids is 1. The van der Waals surface area contributed by atoms with Crippen LogP contribution in [0.4, 0.5) is 0 Å². The standard InChI is InChI=1S/C10H9N3O7S/c1-4(14)20-2-5-3-21(18,19)9-6(12-11)8(15)13(9)7(5)10(16)17/h9H,2-3H2,1H3,(H,16,17). The second-order valence-corrected chi connectivity index (χ2v) is 6.42. The topological polar surface area (TPSA) is 154 Å². The van der Waals surface area contributed by atoms with E-state index in [4.69, 9.17) is 10.6 Å². The van der Waals surface area contributed by atoms with Gasteiger partial charge < -0.3 is 15.4 Å². The van der Waals surface area contributed by atoms with Gasteiger partial charge in [-0.05, 0) is 0 Å². The van der Waals surface area contributed by atoms with Gasteiger partial charge in [0, 0.05) is 12.5 Å². The Balaban J connectivity index is 2.54. The van der Waals surface area contributed by atoms with E-state index in [9.17, 15) is 22.8 Å². The van der Waals surface area contributed by atoms with E-state index in [0.29, 0.717) is 4.90 Å². The van der Waals surface area contributed by atoms with Gasteiger partial charge in [0.05, 0.1) is 5.75 Å². The predicted octanol–water partition coefficient (Wildman–Crippen LogP) is -1.84. The number of hydrogen-bond donors (Lipinski definition) is 1. The number of β-lactam (4-membered cyclic amide) rings is 1. The molecular formula is C10H9N3O7S. The summed E-state index contributed by atoms with van der Waals surface area (Å²) in [6, 6.07) is 0. The number of ether oxygens (including phenoxy) is 1. The molecule has 1 atom stereocenters. The van der Waals surface area contributed by atoms with Crippen molar-refractivity contribution in [2.45, 2.75) is 12.3 Å². The van der Waals surface area contributed by atoms with Crippen molar-refractivity contribution in [3.63, 3.8) is 0 Å². The van der Waals surface area contributed by atoms with Gasteiger partial charge >= 0.3 is 23.6 Å². The molecule has 0 aromatic rings. The van der Waals surface area contributed by atoms with E-state index in [1.54, 1.807) is 0 Å². The average Bonchev–Trinajstić information content (AvgIpc) is 2.36. The van der Waals surface area contributed by atoms with Crippen molar-refractivity contribution in [2.24, 2.45) is 0 Å². The second kappa shape index (κ2) is 4.79. The Morgan fingerprint density at radius 1 is 1.52 bits per heavy atom. The van der Waals surface area contributed by atoms with Crippen LogP contribution < -0.4 is 0 Å². The lowest BCUT2D eigenvalue weighted by Gasteiger charge is -2.39. The molecule has 2 rings (SSSR count). The number of esters is 1. The van der Waals surface area contributed by atoms with Crippen LogP contribution in [-0.4, -0.2) is 64.5 Å². The molecule has 0 spiro atoms. The summed E-state index contributed by atoms with van der Waals surface area (Å²) >= 11 is 0. The predicted molar refractivity (Wildman–Crippen MR) is 64.3 cm³/mol. The number of carbonyl (C=O) groups excluding carboxylic acids is 2. The zero-order valence-electron chi connectivity index (χ0n) is 10.6. The number of sulfone groups is 1. The lowest BCUT2D eigenvalue weighted by Crippen LogP contribution is -2.68. The summed E-state index contributed by atoms with van der Waals surface area (Å²) in [6.07, 6.45) is 0. The van der Waals surface area contributed by atoms with E-state index in [1.165, 1.54) is 0 Å². The first-order valence-corrected chi connectivity index (χ1v) is 7.28. The largest absolute Gasteiger partial charge is 0.477 e. The molecule has 0 aliphatic carbocycles. The van der Waals surface area contributed by atoms with Crippen LogP contribution in [0.3, 0.4) is 0 Å². The van der Waals surface area contributed by atoms with Gasteiger partial charge in [-0.25, -0.2) is 13.2 Å². The maximum Gasteiger partial charge on any atom is 0.394 e. The third-order valence-electron chi connectivity index (χ3n) is 2.96. The first kappa shape index (κ1) is 14.9. The van der Waals surface area contributed by atoms with Gasteiger partial charge in [-0.1, -0.05) is 0 Å². The highest BCUT2D eigenvalue weighted by Gasteiger charge is 2.64. The first-order chi connectivity index (χ1) is 9.70. The summed E-state index contributed by atoms with van der Waals surface area (Å²) < 4.78 is 28.7. The fourth-order valence-electron chi connectivity index (χ4n) is 2.15. The Morgan fingerprint density at radius 2 is 2.14 bits per heavy atom. The fourth-order valence-corrected chi connectivity index (χ4v) is 4.02. The Kier molecular flexibility index (Phi) is 3.39. The number of carbonyl (C=O) groups is 3. The van der Waals surface area contributed by atoms with Gasteiger partial charge in [-0.3, -0.25) is 14.5 Å². The van der Waals surface area contributed by atoms with Gasteiger partial charge in [0.1, 0.15) is 12.3 Å². The van der Waals surface area contributed by atoms with Crippen molar-refractivity contribution in [2.75, 3.05) is 12.4 Å². The summed E-state index contributed by atoms with van der Waals surface area (Å²) in [5.74, 6) is -4.00. The average molecular weight is 315 g/mol. The minimum atomic E-state index is -3.98. The SMILES string of the molecule is CC(=O)OCC1=C(C(=O)O)N2C(=O)C(=[N+]=[N-])C2S(=O)(=O)C1. The Morgan fingerprint density at radius 3 is 2.62 bits per heavy atom. The molecule has 2 heterocycles. The van der Waals surface area contributed by atoms with E-state index < -0.39 is 56.8 Å². The molecule has 10 nitrogen and oxygen atoms in total. The van der Waals surface area contributed by atoms with Crippen LogP contribution in [0.2, 0.25) is 0 Å². The second-order valence-electron chi connectivity index (χ2n) is 4.36. The molecule has 21 heavy (non-hydrogen) atoms. The van der Waals surface area contributed by atoms with Crippen LogP contribution in [0.1, 0.15) is 6.92 Å². The van der Waals surface area contributed by atoms with Gasteiger partial charge in [0.2, 0.25) is 5.37 Å². The van der Waals surface area contributed by atoms with Crippen LogP contribution in [0, 0.1) is 0 Å². The normalized spacial score (nSPS) is 23.1. The highest BCUT2D eigenvalue weighted by atomic mass is 32.2. The van der Waals surface area contributed by atoms with Crippen LogP contribution >= 0.6 is 0 Å². The summed E-state index contributed by atoms with van der Waals surface area (Å²) in [4.78, 5) is 36.8. The van der Waals surface area contributed by atoms with Crippen molar-refractivity contribution in [1.82, 2.24) is 4.90 Å². The lowest BCUT2D eigenvalue weighted by atomic mass is 10.1. The number of hydrogen-bond acceptors (Lipinski definition) is 6. The van der Waals surface area contributed by atoms with Crippen molar-refractivity contribution in [1.29, 1.82) is 0 Å². The van der Waals surface area contributed by atoms with E-state index in [1.807, 2.05) is 0 Å². The third kappa shape index (κ3) is 2.22. The molecule has 0 radical (unpaired) electrons. The number of nitrogens with zero attached hydrogens (tertiary/aromatic N) is 3. The molecule has 1 saturated heterocycles. The summed E-state index contributed by atoms with van der Waals surface area (Å²) in [6.45, 7) is 0.519. The quantitative estimate of drug-likeness (QED) is 0.277. The Labute approximate surface area is 118 Å². The van der Waals surface area contributed by atoms with Gasteiger partial charge in [0.15, 0.2) is 9.84 Å². The molecular weight excluding hydrogens is 306 g/mol. The number of carboxylic acid groups (broad SMARTS) is 1. The van der Waals surface area contributed by atoms with Crippen LogP contribution in [-0.2, 0) is 29.0 Å². The maximum absolute atomic E-state index is 12.0. The fraction of sp³-hybridized carbons (Fsp3) is 0.400. The summed E-state index contributed by atoms with van der Waals surface area (Å²) in [7, 11) is -3.98. The zero-order chi connectivity index (χ0) is 15.9. The smallest absolute Gasteiger partial charge is 0.394 e. The highest BCUT2D eigenvalue weighted by Crippen LogP contribution is 2.34. The monoisotopic (exact) mass is 315 g/mol. The maximum atomic E-state index is 12.0. The molecule has 0 saturated carbocycles. The first-order valence-electron chi connectivity index (χ1n) is 5.56. The minimum absolute atomic E-state index is 0.223. The van der Waals surface area contributed by atoms with Gasteiger partial charge in [-0.2, -0.15) is 4.79 Å². The molecule has 112 valence electrons. The molecule has 0 aromatic carbocycles. The number of rotatable bonds is 3. The Hall–Kier alpha value is -2.52. The van der Waals surface area contributed by atoms with E-state index in [2.05, 4.69) is 9.53 Å². The molecule has 0 aromatic heterocycles. The number of amides is 1. The van der Waals surface area contributed by atoms with Crippen molar-refractivity contribution in [3.05, 3.63) is 16.8 Å². The third-order valence-corrected chi connectivity index (χ3v) is 4.82. The Bertz CT molecular complexity index is 745. The van der Waals surface area contributed by atoms with E-state index in [-0.39, 0.29) is 5.57 Å². The summed E-state index contributed by atoms with van der Waals surface area (Å²) in [5, 5.41) is 7.53. The molecule has 1 N–H and O–H groups in total. The van der Waals surface area contributed by atoms with Gasteiger partial charge in [-0.15, -0.1) is 0 Å². The molecule has 1 fully saturated rings. The van der Waals surface area contributed by atoms with Crippen molar-refractivity contribution >= 4 is 33.4 Å². The van der Waals surface area contributed by atoms with Crippen LogP contribution in [0.15, 0.2) is 11.3 Å². The molecule has 2 aliphatic rings. The number of carboxylic acids is 1. The highest BCUT2D eigenvalue weighted by molar-refractivity contribution is 7.93. The van der Waals surface area contributed by atoms with Crippen molar-refractivity contribution < 1.29 is 37.4 Å². The van der Waals surface area contributed by atoms with Gasteiger partial charge in [0.25, 0.3) is 0 Å². The van der Waals surface area contributed by atoms with Crippen molar-refractivity contribution in [3.8, 4) is 0 Å². The summed E-state index contributed by atoms with van der Waals surface area (Å²) in [5.41, 5.74) is 7.20. The van der Waals surface area contributed by atoms with Crippen LogP contribution in [0.25, 0.3) is 5.53 Å². The molecule has 1 amide bonds. The lowest BCUT2D eigenvalue weighted by molar-refractivity contribution is -0.143. The zero-order valence-corrected chi connectivity index (χ0v) is 11.5. The molecule has 2 aliphatic heterocycles.